The highest BCUT2D eigenvalue weighted by Crippen LogP contribution is 2.23. The quantitative estimate of drug-likeness (QED) is 0.855. The van der Waals surface area contributed by atoms with Gasteiger partial charge in [0.1, 0.15) is 0 Å². The van der Waals surface area contributed by atoms with Gasteiger partial charge >= 0.3 is 0 Å². The molecule has 0 bridgehead atoms. The number of aromatic nitrogens is 2. The van der Waals surface area contributed by atoms with Crippen LogP contribution in [-0.2, 0) is 13.6 Å². The standard InChI is InChI=1S/C15H28N4/c1-4-10-16-13-5-7-15(8-6-13)18(2)12-14-9-11-19(3)17-14/h9,11,13,15-16H,4-8,10,12H2,1-3H3. The van der Waals surface area contributed by atoms with Gasteiger partial charge in [-0.3, -0.25) is 9.58 Å². The van der Waals surface area contributed by atoms with Crippen molar-refractivity contribution < 1.29 is 0 Å². The molecule has 1 saturated carbocycles. The fourth-order valence-corrected chi connectivity index (χ4v) is 3.00. The van der Waals surface area contributed by atoms with Gasteiger partial charge in [-0.2, -0.15) is 5.10 Å². The summed E-state index contributed by atoms with van der Waals surface area (Å²) in [5.41, 5.74) is 1.18. The maximum atomic E-state index is 4.46. The van der Waals surface area contributed by atoms with E-state index < -0.39 is 0 Å². The van der Waals surface area contributed by atoms with Gasteiger partial charge < -0.3 is 5.32 Å². The first-order valence-corrected chi connectivity index (χ1v) is 7.61. The molecule has 1 aliphatic carbocycles. The molecular formula is C15H28N4. The van der Waals surface area contributed by atoms with Crippen LogP contribution in [0.5, 0.6) is 0 Å². The van der Waals surface area contributed by atoms with Crippen molar-refractivity contribution in [2.24, 2.45) is 7.05 Å². The molecule has 0 saturated heterocycles. The number of nitrogens with one attached hydrogen (secondary N) is 1. The van der Waals surface area contributed by atoms with E-state index in [9.17, 15) is 0 Å². The Morgan fingerprint density at radius 1 is 1.37 bits per heavy atom. The molecule has 1 heterocycles. The molecule has 0 aliphatic heterocycles. The lowest BCUT2D eigenvalue weighted by atomic mass is 9.90. The summed E-state index contributed by atoms with van der Waals surface area (Å²) in [6.45, 7) is 4.37. The van der Waals surface area contributed by atoms with Crippen molar-refractivity contribution in [2.45, 2.75) is 57.7 Å². The Morgan fingerprint density at radius 3 is 2.68 bits per heavy atom. The van der Waals surface area contributed by atoms with E-state index >= 15 is 0 Å². The van der Waals surface area contributed by atoms with Crippen LogP contribution in [0.4, 0.5) is 0 Å². The minimum Gasteiger partial charge on any atom is -0.314 e. The molecule has 1 aromatic heterocycles. The third-order valence-electron chi connectivity index (χ3n) is 4.18. The van der Waals surface area contributed by atoms with E-state index in [4.69, 9.17) is 0 Å². The Kier molecular flexibility index (Phi) is 5.40. The Labute approximate surface area is 117 Å². The molecule has 1 aromatic rings. The lowest BCUT2D eigenvalue weighted by molar-refractivity contribution is 0.166. The van der Waals surface area contributed by atoms with Crippen molar-refractivity contribution in [1.82, 2.24) is 20.0 Å². The van der Waals surface area contributed by atoms with Gasteiger partial charge in [-0.1, -0.05) is 6.92 Å². The molecular weight excluding hydrogens is 236 g/mol. The summed E-state index contributed by atoms with van der Waals surface area (Å²) in [5.74, 6) is 0. The SMILES string of the molecule is CCCNC1CCC(N(C)Cc2ccn(C)n2)CC1. The number of hydrogen-bond acceptors (Lipinski definition) is 3. The molecule has 0 spiro atoms. The van der Waals surface area contributed by atoms with E-state index in [1.165, 1.54) is 44.3 Å². The summed E-state index contributed by atoms with van der Waals surface area (Å²) in [5, 5.41) is 8.11. The van der Waals surface area contributed by atoms with Crippen LogP contribution >= 0.6 is 0 Å². The van der Waals surface area contributed by atoms with E-state index in [1.54, 1.807) is 0 Å². The average molecular weight is 264 g/mol. The van der Waals surface area contributed by atoms with Crippen molar-refractivity contribution in [1.29, 1.82) is 0 Å². The van der Waals surface area contributed by atoms with Crippen LogP contribution in [0, 0.1) is 0 Å². The van der Waals surface area contributed by atoms with E-state index in [-0.39, 0.29) is 0 Å². The third-order valence-corrected chi connectivity index (χ3v) is 4.18. The fourth-order valence-electron chi connectivity index (χ4n) is 3.00. The zero-order chi connectivity index (χ0) is 13.7. The van der Waals surface area contributed by atoms with Crippen molar-refractivity contribution in [3.8, 4) is 0 Å². The Bertz CT molecular complexity index is 366. The van der Waals surface area contributed by atoms with Gasteiger partial charge in [0.05, 0.1) is 5.69 Å². The average Bonchev–Trinajstić information content (AvgIpc) is 2.82. The maximum Gasteiger partial charge on any atom is 0.0764 e. The molecule has 0 unspecified atom stereocenters. The number of aryl methyl sites for hydroxylation is 1. The van der Waals surface area contributed by atoms with Crippen LogP contribution in [0.25, 0.3) is 0 Å². The Hall–Kier alpha value is -0.870. The smallest absolute Gasteiger partial charge is 0.0764 e. The van der Waals surface area contributed by atoms with E-state index in [2.05, 4.69) is 35.4 Å². The van der Waals surface area contributed by atoms with E-state index in [0.29, 0.717) is 0 Å². The summed E-state index contributed by atoms with van der Waals surface area (Å²) in [6.07, 6.45) is 8.51. The molecule has 1 fully saturated rings. The molecule has 19 heavy (non-hydrogen) atoms. The van der Waals surface area contributed by atoms with Crippen molar-refractivity contribution in [3.05, 3.63) is 18.0 Å². The van der Waals surface area contributed by atoms with Crippen molar-refractivity contribution in [2.75, 3.05) is 13.6 Å². The van der Waals surface area contributed by atoms with E-state index in [0.717, 1.165) is 18.6 Å². The summed E-state index contributed by atoms with van der Waals surface area (Å²) in [6, 6.07) is 3.59. The number of rotatable bonds is 6. The molecule has 108 valence electrons. The molecule has 2 rings (SSSR count). The van der Waals surface area contributed by atoms with Crippen LogP contribution in [0.2, 0.25) is 0 Å². The topological polar surface area (TPSA) is 33.1 Å². The second kappa shape index (κ2) is 7.06. The lowest BCUT2D eigenvalue weighted by Crippen LogP contribution is -2.40. The van der Waals surface area contributed by atoms with Crippen LogP contribution in [-0.4, -0.2) is 40.4 Å². The Morgan fingerprint density at radius 2 is 2.11 bits per heavy atom. The van der Waals surface area contributed by atoms with Crippen molar-refractivity contribution in [3.63, 3.8) is 0 Å². The van der Waals surface area contributed by atoms with Crippen LogP contribution in [0.3, 0.4) is 0 Å². The first-order chi connectivity index (χ1) is 9.19. The largest absolute Gasteiger partial charge is 0.314 e. The summed E-state index contributed by atoms with van der Waals surface area (Å²) >= 11 is 0. The molecule has 1 N–H and O–H groups in total. The monoisotopic (exact) mass is 264 g/mol. The first kappa shape index (κ1) is 14.5. The molecule has 1 aliphatic rings. The lowest BCUT2D eigenvalue weighted by Gasteiger charge is -2.34. The van der Waals surface area contributed by atoms with E-state index in [1.807, 2.05) is 17.9 Å². The zero-order valence-corrected chi connectivity index (χ0v) is 12.6. The van der Waals surface area contributed by atoms with Gasteiger partial charge in [-0.15, -0.1) is 0 Å². The predicted octanol–water partition coefficient (Wildman–Crippen LogP) is 2.16. The van der Waals surface area contributed by atoms with Gasteiger partial charge in [0.25, 0.3) is 0 Å². The third kappa shape index (κ3) is 4.32. The highest BCUT2D eigenvalue weighted by molar-refractivity contribution is 4.99. The molecule has 0 radical (unpaired) electrons. The zero-order valence-electron chi connectivity index (χ0n) is 12.6. The van der Waals surface area contributed by atoms with Gasteiger partial charge in [0, 0.05) is 31.9 Å². The summed E-state index contributed by atoms with van der Waals surface area (Å²) in [4.78, 5) is 2.47. The van der Waals surface area contributed by atoms with Gasteiger partial charge in [0.2, 0.25) is 0 Å². The van der Waals surface area contributed by atoms with Crippen molar-refractivity contribution >= 4 is 0 Å². The molecule has 4 heteroatoms. The van der Waals surface area contributed by atoms with Crippen LogP contribution < -0.4 is 5.32 Å². The molecule has 4 nitrogen and oxygen atoms in total. The molecule has 0 atom stereocenters. The van der Waals surface area contributed by atoms with Crippen LogP contribution in [0.1, 0.15) is 44.7 Å². The summed E-state index contributed by atoms with van der Waals surface area (Å²) < 4.78 is 1.88. The molecule has 0 aromatic carbocycles. The number of nitrogens with zero attached hydrogens (tertiary/aromatic N) is 3. The van der Waals surface area contributed by atoms with Gasteiger partial charge in [-0.25, -0.2) is 0 Å². The number of hydrogen-bond donors (Lipinski definition) is 1. The normalized spacial score (nSPS) is 24.0. The minimum atomic E-state index is 0.724. The Balaban J connectivity index is 1.74. The highest BCUT2D eigenvalue weighted by atomic mass is 15.3. The minimum absolute atomic E-state index is 0.724. The second-order valence-electron chi connectivity index (χ2n) is 5.86. The fraction of sp³-hybridized carbons (Fsp3) is 0.800. The highest BCUT2D eigenvalue weighted by Gasteiger charge is 2.23. The van der Waals surface area contributed by atoms with Crippen LogP contribution in [0.15, 0.2) is 12.3 Å². The first-order valence-electron chi connectivity index (χ1n) is 7.61. The predicted molar refractivity (Wildman–Crippen MR) is 79.0 cm³/mol. The van der Waals surface area contributed by atoms with Gasteiger partial charge in [-0.05, 0) is 51.8 Å². The van der Waals surface area contributed by atoms with Gasteiger partial charge in [0.15, 0.2) is 0 Å². The molecule has 0 amide bonds. The second-order valence-corrected chi connectivity index (χ2v) is 5.86. The summed E-state index contributed by atoms with van der Waals surface area (Å²) in [7, 11) is 4.22. The maximum absolute atomic E-state index is 4.46.